The first-order valence-corrected chi connectivity index (χ1v) is 12.0. The van der Waals surface area contributed by atoms with Gasteiger partial charge >= 0.3 is 0 Å². The third-order valence-corrected chi connectivity index (χ3v) is 6.32. The second kappa shape index (κ2) is 10.9. The van der Waals surface area contributed by atoms with Crippen molar-refractivity contribution in [2.24, 2.45) is 0 Å². The van der Waals surface area contributed by atoms with E-state index >= 15 is 0 Å². The van der Waals surface area contributed by atoms with E-state index in [0.29, 0.717) is 47.0 Å². The van der Waals surface area contributed by atoms with E-state index in [1.165, 1.54) is 0 Å². The largest absolute Gasteiger partial charge is 0.494 e. The minimum absolute atomic E-state index is 0. The van der Waals surface area contributed by atoms with Gasteiger partial charge in [0, 0.05) is 35.8 Å². The number of hydrogen-bond donors (Lipinski definition) is 3. The van der Waals surface area contributed by atoms with Crippen molar-refractivity contribution < 1.29 is 23.9 Å². The number of anilines is 1. The normalized spacial score (nSPS) is 14.1. The van der Waals surface area contributed by atoms with Crippen molar-refractivity contribution in [3.8, 4) is 11.5 Å². The Kier molecular flexibility index (Phi) is 8.32. The van der Waals surface area contributed by atoms with Crippen molar-refractivity contribution >= 4 is 46.1 Å². The van der Waals surface area contributed by atoms with Crippen LogP contribution in [0.5, 0.6) is 11.5 Å². The van der Waals surface area contributed by atoms with Gasteiger partial charge in [-0.3, -0.25) is 19.8 Å². The van der Waals surface area contributed by atoms with Crippen LogP contribution >= 0.6 is 17.0 Å². The van der Waals surface area contributed by atoms with Gasteiger partial charge in [-0.2, -0.15) is 0 Å². The fourth-order valence-electron chi connectivity index (χ4n) is 4.48. The second-order valence-corrected chi connectivity index (χ2v) is 10.0. The number of ether oxygens (including phenoxy) is 2. The summed E-state index contributed by atoms with van der Waals surface area (Å²) in [7, 11) is 1.58. The molecule has 10 heteroatoms. The Morgan fingerprint density at radius 1 is 1.22 bits per heavy atom. The molecule has 2 aliphatic rings. The van der Waals surface area contributed by atoms with Gasteiger partial charge in [-0.05, 0) is 42.2 Å². The molecular formula is C27H33BrN4O5. The first-order chi connectivity index (χ1) is 17.0. The lowest BCUT2D eigenvalue weighted by Gasteiger charge is -2.28. The average Bonchev–Trinajstić information content (AvgIpc) is 3.11. The Balaban J connectivity index is 0.00000380. The van der Waals surface area contributed by atoms with Crippen molar-refractivity contribution in [2.45, 2.75) is 46.1 Å². The molecule has 3 N–H and O–H groups in total. The summed E-state index contributed by atoms with van der Waals surface area (Å²) in [5.41, 5.74) is 3.72. The van der Waals surface area contributed by atoms with Crippen molar-refractivity contribution in [3.05, 3.63) is 52.1 Å². The Hall–Kier alpha value is -3.40. The molecule has 37 heavy (non-hydrogen) atoms. The zero-order valence-corrected chi connectivity index (χ0v) is 23.5. The topological polar surface area (TPSA) is 121 Å². The number of amides is 2. The molecule has 0 unspecified atom stereocenters. The van der Waals surface area contributed by atoms with E-state index in [4.69, 9.17) is 14.9 Å². The Bertz CT molecular complexity index is 1270. The van der Waals surface area contributed by atoms with Crippen LogP contribution in [0, 0.1) is 5.41 Å². The zero-order chi connectivity index (χ0) is 26.2. The molecule has 2 amide bonds. The van der Waals surface area contributed by atoms with Crippen LogP contribution in [0.15, 0.2) is 24.3 Å². The number of nitrogens with zero attached hydrogens (tertiary/aromatic N) is 1. The van der Waals surface area contributed by atoms with Crippen LogP contribution in [0.3, 0.4) is 0 Å². The smallest absolute Gasteiger partial charge is 0.262 e. The van der Waals surface area contributed by atoms with Gasteiger partial charge in [-0.25, -0.2) is 0 Å². The summed E-state index contributed by atoms with van der Waals surface area (Å²) in [6.45, 7) is 8.73. The maximum atomic E-state index is 13.4. The lowest BCUT2D eigenvalue weighted by molar-refractivity contribution is -0.120. The van der Waals surface area contributed by atoms with Crippen molar-refractivity contribution in [2.75, 3.05) is 32.1 Å². The molecule has 0 fully saturated rings. The summed E-state index contributed by atoms with van der Waals surface area (Å²) in [6, 6.07) is 7.14. The number of ketones is 1. The van der Waals surface area contributed by atoms with Gasteiger partial charge in [0.2, 0.25) is 5.91 Å². The van der Waals surface area contributed by atoms with Crippen LogP contribution in [0.25, 0.3) is 0 Å². The standard InChI is InChI=1S/C27H32N4O5.BrH/c1-6-35-22-10-17-12-31(26(28)18(17)7-16(22)11-23(33)29-5)13-21(32)15-8-19(27(2,3)4)25-20(9-15)30-24(34)14-36-25;/h7-10,28H,6,11-14H2,1-5H3,(H,29,33)(H,30,34);1H. The summed E-state index contributed by atoms with van der Waals surface area (Å²) in [5.74, 6) is 0.849. The summed E-state index contributed by atoms with van der Waals surface area (Å²) in [6.07, 6.45) is 0.143. The molecule has 2 heterocycles. The number of likely N-dealkylation sites (N-methyl/N-ethyl adjacent to an activating group) is 1. The lowest BCUT2D eigenvalue weighted by Crippen LogP contribution is -2.31. The molecule has 2 aliphatic heterocycles. The molecule has 2 aromatic rings. The third kappa shape index (κ3) is 5.79. The van der Waals surface area contributed by atoms with E-state index in [0.717, 1.165) is 11.1 Å². The summed E-state index contributed by atoms with van der Waals surface area (Å²) in [4.78, 5) is 39.0. The Morgan fingerprint density at radius 2 is 1.95 bits per heavy atom. The van der Waals surface area contributed by atoms with Crippen LogP contribution in [0.4, 0.5) is 5.69 Å². The minimum Gasteiger partial charge on any atom is -0.494 e. The molecule has 0 saturated carbocycles. The van der Waals surface area contributed by atoms with Crippen LogP contribution in [-0.2, 0) is 28.0 Å². The monoisotopic (exact) mass is 572 g/mol. The van der Waals surface area contributed by atoms with E-state index in [9.17, 15) is 14.4 Å². The molecule has 0 saturated heterocycles. The van der Waals surface area contributed by atoms with Gasteiger partial charge in [0.05, 0.1) is 25.3 Å². The molecule has 4 rings (SSSR count). The molecule has 0 bridgehead atoms. The van der Waals surface area contributed by atoms with Crippen molar-refractivity contribution in [3.63, 3.8) is 0 Å². The van der Waals surface area contributed by atoms with E-state index in [2.05, 4.69) is 10.6 Å². The van der Waals surface area contributed by atoms with Gasteiger partial charge in [0.25, 0.3) is 5.91 Å². The number of halogens is 1. The number of amidine groups is 1. The van der Waals surface area contributed by atoms with Crippen LogP contribution in [-0.4, -0.2) is 55.1 Å². The lowest BCUT2D eigenvalue weighted by atomic mass is 9.84. The van der Waals surface area contributed by atoms with Gasteiger partial charge < -0.3 is 25.0 Å². The molecule has 0 aromatic heterocycles. The van der Waals surface area contributed by atoms with E-state index in [1.54, 1.807) is 18.0 Å². The fraction of sp³-hybridized carbons (Fsp3) is 0.407. The number of benzene rings is 2. The number of carbonyl (C=O) groups excluding carboxylic acids is 3. The molecule has 9 nitrogen and oxygen atoms in total. The second-order valence-electron chi connectivity index (χ2n) is 10.0. The first-order valence-electron chi connectivity index (χ1n) is 12.0. The number of fused-ring (bicyclic) bond motifs is 2. The molecule has 198 valence electrons. The predicted octanol–water partition coefficient (Wildman–Crippen LogP) is 3.60. The Morgan fingerprint density at radius 3 is 2.59 bits per heavy atom. The fourth-order valence-corrected chi connectivity index (χ4v) is 4.48. The van der Waals surface area contributed by atoms with E-state index in [1.807, 2.05) is 45.9 Å². The molecule has 0 atom stereocenters. The molecule has 0 radical (unpaired) electrons. The number of Topliss-reactive ketones (excluding diaryl/α,β-unsaturated/α-hetero) is 1. The third-order valence-electron chi connectivity index (χ3n) is 6.32. The quantitative estimate of drug-likeness (QED) is 0.436. The van der Waals surface area contributed by atoms with Crippen molar-refractivity contribution in [1.82, 2.24) is 10.2 Å². The van der Waals surface area contributed by atoms with Gasteiger partial charge in [0.15, 0.2) is 12.4 Å². The van der Waals surface area contributed by atoms with E-state index < -0.39 is 0 Å². The van der Waals surface area contributed by atoms with Crippen LogP contribution in [0.1, 0.15) is 60.3 Å². The van der Waals surface area contributed by atoms with Gasteiger partial charge in [-0.1, -0.05) is 20.8 Å². The molecular weight excluding hydrogens is 540 g/mol. The number of nitrogens with one attached hydrogen (secondary N) is 3. The van der Waals surface area contributed by atoms with Crippen molar-refractivity contribution in [1.29, 1.82) is 5.41 Å². The summed E-state index contributed by atoms with van der Waals surface area (Å²) < 4.78 is 11.4. The van der Waals surface area contributed by atoms with Crippen LogP contribution < -0.4 is 20.1 Å². The highest BCUT2D eigenvalue weighted by atomic mass is 79.9. The highest BCUT2D eigenvalue weighted by Crippen LogP contribution is 2.40. The SMILES string of the molecule is Br.CCOc1cc2c(cc1CC(=O)NC)C(=N)N(CC(=O)c1cc3c(c(C(C)(C)C)c1)OCC(=O)N3)C2. The highest BCUT2D eigenvalue weighted by Gasteiger charge is 2.31. The summed E-state index contributed by atoms with van der Waals surface area (Å²) >= 11 is 0. The Labute approximate surface area is 227 Å². The zero-order valence-electron chi connectivity index (χ0n) is 21.7. The number of hydrogen-bond acceptors (Lipinski definition) is 6. The average molecular weight is 573 g/mol. The van der Waals surface area contributed by atoms with Gasteiger partial charge in [-0.15, -0.1) is 17.0 Å². The molecule has 0 aliphatic carbocycles. The molecule has 0 spiro atoms. The summed E-state index contributed by atoms with van der Waals surface area (Å²) in [5, 5.41) is 14.1. The maximum absolute atomic E-state index is 13.4. The molecule has 2 aromatic carbocycles. The predicted molar refractivity (Wildman–Crippen MR) is 147 cm³/mol. The first kappa shape index (κ1) is 28.2. The number of carbonyl (C=O) groups is 3. The number of rotatable bonds is 7. The minimum atomic E-state index is -0.310. The van der Waals surface area contributed by atoms with Gasteiger partial charge in [0.1, 0.15) is 17.3 Å². The maximum Gasteiger partial charge on any atom is 0.262 e. The highest BCUT2D eigenvalue weighted by molar-refractivity contribution is 8.93. The van der Waals surface area contributed by atoms with E-state index in [-0.39, 0.29) is 65.4 Å². The van der Waals surface area contributed by atoms with Crippen LogP contribution in [0.2, 0.25) is 0 Å².